The van der Waals surface area contributed by atoms with Gasteiger partial charge in [0.1, 0.15) is 0 Å². The summed E-state index contributed by atoms with van der Waals surface area (Å²) in [6.07, 6.45) is 19.6. The van der Waals surface area contributed by atoms with Gasteiger partial charge in [0.05, 0.1) is 0 Å². The smallest absolute Gasteiger partial charge is 0.0462 e. The molecule has 4 aliphatic rings. The highest BCUT2D eigenvalue weighted by Crippen LogP contribution is 2.66. The molecule has 7 unspecified atom stereocenters. The Morgan fingerprint density at radius 2 is 1.34 bits per heavy atom. The van der Waals surface area contributed by atoms with E-state index in [2.05, 4.69) is 67.5 Å². The molecule has 0 spiro atoms. The largest absolute Gasteiger partial charge is 0.396 e. The van der Waals surface area contributed by atoms with E-state index in [9.17, 15) is 5.11 Å². The van der Waals surface area contributed by atoms with Gasteiger partial charge in [-0.05, 0) is 91.8 Å². The average molecular weight is 535 g/mol. The minimum absolute atomic E-state index is 0.392. The minimum Gasteiger partial charge on any atom is -0.396 e. The summed E-state index contributed by atoms with van der Waals surface area (Å²) in [6, 6.07) is 0. The highest BCUT2D eigenvalue weighted by Gasteiger charge is 2.57. The molecule has 0 aliphatic heterocycles. The van der Waals surface area contributed by atoms with Gasteiger partial charge in [0.15, 0.2) is 0 Å². The highest BCUT2D eigenvalue weighted by atomic mass is 16.3. The molecule has 0 aromatic rings. The van der Waals surface area contributed by atoms with Crippen LogP contribution in [0.4, 0.5) is 0 Å². The second-order valence-electron chi connectivity index (χ2n) is 12.1. The molecule has 1 nitrogen and oxygen atoms in total. The predicted molar refractivity (Wildman–Crippen MR) is 176 cm³/mol. The zero-order valence-electron chi connectivity index (χ0n) is 29.0. The summed E-state index contributed by atoms with van der Waals surface area (Å²) < 4.78 is 0. The minimum atomic E-state index is 0.392. The standard InChI is InChI=1S/C25H40O.2C3H8.3C2H6/c1-5-6-18(16-26)21-9-10-22-20-8-7-19-15-17(2)11-13-24(19,3)23(20)12-14-25(21,22)4;2*1-3-2;3*1-2/h7-8,17-18,21-23,26H,5-6,9-16H2,1-4H3;2*3H2,1-2H3;3*1-2H3. The van der Waals surface area contributed by atoms with Crippen LogP contribution in [0.1, 0.15) is 168 Å². The van der Waals surface area contributed by atoms with Crippen molar-refractivity contribution in [2.24, 2.45) is 40.4 Å². The summed E-state index contributed by atoms with van der Waals surface area (Å²) in [5, 5.41) is 10.1. The van der Waals surface area contributed by atoms with E-state index >= 15 is 0 Å². The van der Waals surface area contributed by atoms with Crippen LogP contribution in [-0.2, 0) is 0 Å². The Morgan fingerprint density at radius 1 is 0.789 bits per heavy atom. The predicted octanol–water partition coefficient (Wildman–Crippen LogP) is 12.4. The van der Waals surface area contributed by atoms with Crippen LogP contribution in [0.25, 0.3) is 0 Å². The number of allylic oxidation sites excluding steroid dienone is 4. The summed E-state index contributed by atoms with van der Waals surface area (Å²) in [6.45, 7) is 30.8. The van der Waals surface area contributed by atoms with Crippen molar-refractivity contribution < 1.29 is 5.11 Å². The maximum atomic E-state index is 10.1. The molecule has 0 bridgehead atoms. The number of hydrogen-bond donors (Lipinski definition) is 1. The Morgan fingerprint density at radius 3 is 1.84 bits per heavy atom. The van der Waals surface area contributed by atoms with E-state index in [4.69, 9.17) is 0 Å². The van der Waals surface area contributed by atoms with Crippen LogP contribution in [0.2, 0.25) is 0 Å². The summed E-state index contributed by atoms with van der Waals surface area (Å²) in [7, 11) is 0. The molecule has 4 aliphatic carbocycles. The lowest BCUT2D eigenvalue weighted by atomic mass is 9.49. The number of rotatable bonds is 4. The van der Waals surface area contributed by atoms with Gasteiger partial charge >= 0.3 is 0 Å². The van der Waals surface area contributed by atoms with E-state index in [1.165, 1.54) is 70.6 Å². The van der Waals surface area contributed by atoms with Crippen molar-refractivity contribution in [1.29, 1.82) is 0 Å². The molecule has 0 radical (unpaired) electrons. The van der Waals surface area contributed by atoms with Gasteiger partial charge in [-0.25, -0.2) is 0 Å². The summed E-state index contributed by atoms with van der Waals surface area (Å²) in [5.74, 6) is 3.68. The van der Waals surface area contributed by atoms with Crippen molar-refractivity contribution in [2.75, 3.05) is 6.61 Å². The van der Waals surface area contributed by atoms with Crippen molar-refractivity contribution in [3.05, 3.63) is 23.3 Å². The van der Waals surface area contributed by atoms with E-state index in [1.54, 1.807) is 11.1 Å². The zero-order valence-corrected chi connectivity index (χ0v) is 29.0. The third-order valence-electron chi connectivity index (χ3n) is 9.35. The molecule has 4 rings (SSSR count). The third-order valence-corrected chi connectivity index (χ3v) is 9.35. The molecule has 3 fully saturated rings. The van der Waals surface area contributed by atoms with Crippen LogP contribution in [0, 0.1) is 40.4 Å². The zero-order chi connectivity index (χ0) is 29.9. The van der Waals surface area contributed by atoms with Gasteiger partial charge in [-0.1, -0.05) is 139 Å². The SMILES string of the molecule is CC.CC.CC.CCC.CCC.CCCC(CO)C1CCC2C3=CC=C4CC(C)CCC4(C)C3CCC21C. The molecular weight excluding hydrogens is 460 g/mol. The first-order chi connectivity index (χ1) is 18.3. The summed E-state index contributed by atoms with van der Waals surface area (Å²) in [4.78, 5) is 0. The lowest BCUT2D eigenvalue weighted by molar-refractivity contribution is 0.0260. The fourth-order valence-electron chi connectivity index (χ4n) is 7.79. The summed E-state index contributed by atoms with van der Waals surface area (Å²) in [5.41, 5.74) is 4.42. The second-order valence-corrected chi connectivity index (χ2v) is 12.1. The molecule has 3 saturated carbocycles. The monoisotopic (exact) mass is 535 g/mol. The van der Waals surface area contributed by atoms with Crippen LogP contribution in [0.5, 0.6) is 0 Å². The molecule has 1 heteroatoms. The highest BCUT2D eigenvalue weighted by molar-refractivity contribution is 5.38. The van der Waals surface area contributed by atoms with Crippen molar-refractivity contribution in [2.45, 2.75) is 168 Å². The Labute approximate surface area is 242 Å². The first-order valence-corrected chi connectivity index (χ1v) is 17.3. The molecule has 0 heterocycles. The first kappa shape index (κ1) is 39.6. The van der Waals surface area contributed by atoms with Crippen LogP contribution in [-0.4, -0.2) is 11.7 Å². The Bertz CT molecular complexity index is 629. The normalized spacial score (nSPS) is 32.8. The number of aliphatic hydroxyl groups is 1. The Balaban J connectivity index is 0. The molecule has 0 amide bonds. The van der Waals surface area contributed by atoms with Gasteiger partial charge in [0, 0.05) is 6.61 Å². The van der Waals surface area contributed by atoms with Crippen LogP contribution in [0.3, 0.4) is 0 Å². The molecule has 38 heavy (non-hydrogen) atoms. The van der Waals surface area contributed by atoms with Crippen molar-refractivity contribution in [3.63, 3.8) is 0 Å². The molecule has 0 aromatic carbocycles. The maximum Gasteiger partial charge on any atom is 0.0462 e. The van der Waals surface area contributed by atoms with Crippen molar-refractivity contribution >= 4 is 0 Å². The van der Waals surface area contributed by atoms with E-state index < -0.39 is 0 Å². The topological polar surface area (TPSA) is 20.2 Å². The second kappa shape index (κ2) is 21.2. The quantitative estimate of drug-likeness (QED) is 0.380. The Kier molecular flexibility index (Phi) is 22.1. The molecule has 7 atom stereocenters. The fraction of sp³-hybridized carbons (Fsp3) is 0.892. The molecule has 1 N–H and O–H groups in total. The fourth-order valence-corrected chi connectivity index (χ4v) is 7.79. The van der Waals surface area contributed by atoms with Gasteiger partial charge in [0.25, 0.3) is 0 Å². The lowest BCUT2D eigenvalue weighted by Crippen LogP contribution is -2.46. The van der Waals surface area contributed by atoms with E-state index in [1.807, 2.05) is 41.5 Å². The van der Waals surface area contributed by atoms with Crippen LogP contribution in [0.15, 0.2) is 23.3 Å². The number of fused-ring (bicyclic) bond motifs is 5. The van der Waals surface area contributed by atoms with Crippen molar-refractivity contribution in [1.82, 2.24) is 0 Å². The maximum absolute atomic E-state index is 10.1. The van der Waals surface area contributed by atoms with Crippen molar-refractivity contribution in [3.8, 4) is 0 Å². The third kappa shape index (κ3) is 9.52. The van der Waals surface area contributed by atoms with E-state index in [0.717, 1.165) is 23.7 Å². The lowest BCUT2D eigenvalue weighted by Gasteiger charge is -2.55. The molecule has 0 aromatic heterocycles. The Hall–Kier alpha value is -0.560. The van der Waals surface area contributed by atoms with Crippen LogP contribution < -0.4 is 0 Å². The summed E-state index contributed by atoms with van der Waals surface area (Å²) >= 11 is 0. The van der Waals surface area contributed by atoms with Gasteiger partial charge in [0.2, 0.25) is 0 Å². The van der Waals surface area contributed by atoms with E-state index in [-0.39, 0.29) is 0 Å². The van der Waals surface area contributed by atoms with Gasteiger partial charge < -0.3 is 5.11 Å². The average Bonchev–Trinajstić information content (AvgIpc) is 3.29. The number of aliphatic hydroxyl groups excluding tert-OH is 1. The first-order valence-electron chi connectivity index (χ1n) is 17.3. The number of hydrogen-bond acceptors (Lipinski definition) is 1. The van der Waals surface area contributed by atoms with Gasteiger partial charge in [-0.3, -0.25) is 0 Å². The van der Waals surface area contributed by atoms with Gasteiger partial charge in [-0.2, -0.15) is 0 Å². The molecule has 228 valence electrons. The molecular formula is C37H74O. The van der Waals surface area contributed by atoms with E-state index in [0.29, 0.717) is 23.4 Å². The molecule has 0 saturated heterocycles. The van der Waals surface area contributed by atoms with Crippen LogP contribution >= 0.6 is 0 Å². The van der Waals surface area contributed by atoms with Gasteiger partial charge in [-0.15, -0.1) is 0 Å².